The molecule has 3 rings (SSSR count). The minimum atomic E-state index is -1.38. The second kappa shape index (κ2) is 6.00. The molecule has 0 spiro atoms. The molecule has 23 heavy (non-hydrogen) atoms. The Morgan fingerprint density at radius 2 is 2.17 bits per heavy atom. The molecule has 1 atom stereocenters. The van der Waals surface area contributed by atoms with E-state index in [4.69, 9.17) is 4.74 Å². The summed E-state index contributed by atoms with van der Waals surface area (Å²) in [6, 6.07) is 6.68. The minimum Gasteiger partial charge on any atom is -0.479 e. The molecule has 0 aliphatic carbocycles. The van der Waals surface area contributed by atoms with Crippen molar-refractivity contribution in [3.8, 4) is 0 Å². The first-order chi connectivity index (χ1) is 11.0. The van der Waals surface area contributed by atoms with E-state index in [1.165, 1.54) is 0 Å². The number of anilines is 1. The SMILES string of the molecule is O=C(NC1(C(=O)O)CCOC1)c1cccc(N2CCCC2=O)c1. The van der Waals surface area contributed by atoms with Crippen LogP contribution in [-0.2, 0) is 14.3 Å². The van der Waals surface area contributed by atoms with E-state index in [1.807, 2.05) is 0 Å². The molecule has 2 N–H and O–H groups in total. The molecule has 2 amide bonds. The number of hydrogen-bond acceptors (Lipinski definition) is 4. The van der Waals surface area contributed by atoms with Crippen LogP contribution in [0.3, 0.4) is 0 Å². The van der Waals surface area contributed by atoms with Crippen molar-refractivity contribution in [2.75, 3.05) is 24.7 Å². The molecule has 2 aliphatic heterocycles. The van der Waals surface area contributed by atoms with Gasteiger partial charge in [0.25, 0.3) is 5.91 Å². The zero-order valence-electron chi connectivity index (χ0n) is 12.6. The zero-order chi connectivity index (χ0) is 16.4. The van der Waals surface area contributed by atoms with Crippen molar-refractivity contribution in [2.24, 2.45) is 0 Å². The molecular weight excluding hydrogens is 300 g/mol. The normalized spacial score (nSPS) is 24.0. The molecule has 2 aliphatic rings. The summed E-state index contributed by atoms with van der Waals surface area (Å²) < 4.78 is 5.13. The topological polar surface area (TPSA) is 95.9 Å². The van der Waals surface area contributed by atoms with Crippen molar-refractivity contribution in [1.82, 2.24) is 5.32 Å². The number of carbonyl (C=O) groups excluding carboxylic acids is 2. The van der Waals surface area contributed by atoms with Crippen LogP contribution in [0.15, 0.2) is 24.3 Å². The summed E-state index contributed by atoms with van der Waals surface area (Å²) >= 11 is 0. The highest BCUT2D eigenvalue weighted by Crippen LogP contribution is 2.24. The third kappa shape index (κ3) is 2.92. The highest BCUT2D eigenvalue weighted by molar-refractivity contribution is 6.00. The number of amides is 2. The van der Waals surface area contributed by atoms with Crippen LogP contribution >= 0.6 is 0 Å². The van der Waals surface area contributed by atoms with Crippen molar-refractivity contribution in [1.29, 1.82) is 0 Å². The van der Waals surface area contributed by atoms with Crippen LogP contribution in [0.4, 0.5) is 5.69 Å². The Morgan fingerprint density at radius 3 is 2.78 bits per heavy atom. The summed E-state index contributed by atoms with van der Waals surface area (Å²) in [7, 11) is 0. The zero-order valence-corrected chi connectivity index (χ0v) is 12.6. The van der Waals surface area contributed by atoms with Gasteiger partial charge in [-0.2, -0.15) is 0 Å². The van der Waals surface area contributed by atoms with E-state index >= 15 is 0 Å². The summed E-state index contributed by atoms with van der Waals surface area (Å²) in [6.07, 6.45) is 1.54. The van der Waals surface area contributed by atoms with Gasteiger partial charge in [-0.05, 0) is 24.6 Å². The lowest BCUT2D eigenvalue weighted by atomic mass is 9.98. The monoisotopic (exact) mass is 318 g/mol. The second-order valence-electron chi connectivity index (χ2n) is 5.84. The van der Waals surface area contributed by atoms with Gasteiger partial charge in [-0.25, -0.2) is 4.79 Å². The summed E-state index contributed by atoms with van der Waals surface area (Å²) in [5.41, 5.74) is -0.391. The van der Waals surface area contributed by atoms with Crippen molar-refractivity contribution >= 4 is 23.5 Å². The van der Waals surface area contributed by atoms with Crippen LogP contribution in [0.1, 0.15) is 29.6 Å². The molecule has 0 bridgehead atoms. The van der Waals surface area contributed by atoms with Crippen LogP contribution < -0.4 is 10.2 Å². The Balaban J connectivity index is 1.80. The molecule has 2 fully saturated rings. The first kappa shape index (κ1) is 15.5. The van der Waals surface area contributed by atoms with Crippen LogP contribution in [-0.4, -0.2) is 48.2 Å². The molecule has 2 heterocycles. The van der Waals surface area contributed by atoms with Crippen LogP contribution in [0.25, 0.3) is 0 Å². The number of carboxylic acids is 1. The predicted molar refractivity (Wildman–Crippen MR) is 81.3 cm³/mol. The Hall–Kier alpha value is -2.41. The maximum absolute atomic E-state index is 12.4. The molecule has 1 aromatic carbocycles. The Kier molecular flexibility index (Phi) is 4.04. The van der Waals surface area contributed by atoms with E-state index < -0.39 is 17.4 Å². The number of carbonyl (C=O) groups is 3. The lowest BCUT2D eigenvalue weighted by Gasteiger charge is -2.24. The Bertz CT molecular complexity index is 652. The lowest BCUT2D eigenvalue weighted by molar-refractivity contribution is -0.144. The molecule has 1 unspecified atom stereocenters. The quantitative estimate of drug-likeness (QED) is 0.855. The number of nitrogens with one attached hydrogen (secondary N) is 1. The number of ether oxygens (including phenoxy) is 1. The van der Waals surface area contributed by atoms with Gasteiger partial charge in [0.1, 0.15) is 0 Å². The van der Waals surface area contributed by atoms with Gasteiger partial charge in [0, 0.05) is 37.2 Å². The van der Waals surface area contributed by atoms with Gasteiger partial charge in [-0.1, -0.05) is 6.07 Å². The van der Waals surface area contributed by atoms with E-state index in [0.717, 1.165) is 6.42 Å². The standard InChI is InChI=1S/C16H18N2O5/c19-13-5-2-7-18(13)12-4-1-3-11(9-12)14(20)17-16(15(21)22)6-8-23-10-16/h1,3-4,9H,2,5-8,10H2,(H,17,20)(H,21,22). The molecule has 1 aromatic rings. The average Bonchev–Trinajstić information content (AvgIpc) is 3.17. The van der Waals surface area contributed by atoms with Gasteiger partial charge < -0.3 is 20.1 Å². The largest absolute Gasteiger partial charge is 0.479 e. The van der Waals surface area contributed by atoms with Crippen molar-refractivity contribution < 1.29 is 24.2 Å². The number of benzene rings is 1. The molecular formula is C16H18N2O5. The minimum absolute atomic E-state index is 0.0359. The number of hydrogen-bond donors (Lipinski definition) is 2. The second-order valence-corrected chi connectivity index (χ2v) is 5.84. The molecule has 0 radical (unpaired) electrons. The Morgan fingerprint density at radius 1 is 1.35 bits per heavy atom. The maximum atomic E-state index is 12.4. The van der Waals surface area contributed by atoms with Gasteiger partial charge in [0.05, 0.1) is 6.61 Å². The summed E-state index contributed by atoms with van der Waals surface area (Å²) in [5.74, 6) is -1.55. The number of rotatable bonds is 4. The van der Waals surface area contributed by atoms with Gasteiger partial charge in [-0.3, -0.25) is 9.59 Å². The number of aliphatic carboxylic acids is 1. The van der Waals surface area contributed by atoms with E-state index in [2.05, 4.69) is 5.32 Å². The highest BCUT2D eigenvalue weighted by Gasteiger charge is 2.44. The lowest BCUT2D eigenvalue weighted by Crippen LogP contribution is -2.55. The third-order valence-corrected chi connectivity index (χ3v) is 4.28. The van der Waals surface area contributed by atoms with E-state index in [0.29, 0.717) is 30.8 Å². The van der Waals surface area contributed by atoms with E-state index in [9.17, 15) is 19.5 Å². The van der Waals surface area contributed by atoms with Crippen LogP contribution in [0.2, 0.25) is 0 Å². The number of nitrogens with zero attached hydrogens (tertiary/aromatic N) is 1. The average molecular weight is 318 g/mol. The van der Waals surface area contributed by atoms with Gasteiger partial charge in [0.2, 0.25) is 5.91 Å². The smallest absolute Gasteiger partial charge is 0.331 e. The summed E-state index contributed by atoms with van der Waals surface area (Å²) in [4.78, 5) is 37.3. The molecule has 122 valence electrons. The van der Waals surface area contributed by atoms with Gasteiger partial charge >= 0.3 is 5.97 Å². The summed E-state index contributed by atoms with van der Waals surface area (Å²) in [6.45, 7) is 0.893. The molecule has 7 nitrogen and oxygen atoms in total. The van der Waals surface area contributed by atoms with Gasteiger partial charge in [0.15, 0.2) is 5.54 Å². The molecule has 0 aromatic heterocycles. The third-order valence-electron chi connectivity index (χ3n) is 4.28. The fourth-order valence-electron chi connectivity index (χ4n) is 2.91. The van der Waals surface area contributed by atoms with E-state index in [1.54, 1.807) is 29.2 Å². The van der Waals surface area contributed by atoms with Crippen LogP contribution in [0, 0.1) is 0 Å². The molecule has 7 heteroatoms. The predicted octanol–water partition coefficient (Wildman–Crippen LogP) is 0.787. The summed E-state index contributed by atoms with van der Waals surface area (Å²) in [5, 5.41) is 11.9. The van der Waals surface area contributed by atoms with Crippen molar-refractivity contribution in [3.05, 3.63) is 29.8 Å². The highest BCUT2D eigenvalue weighted by atomic mass is 16.5. The molecule has 2 saturated heterocycles. The Labute approximate surface area is 133 Å². The van der Waals surface area contributed by atoms with Gasteiger partial charge in [-0.15, -0.1) is 0 Å². The first-order valence-corrected chi connectivity index (χ1v) is 7.56. The van der Waals surface area contributed by atoms with E-state index in [-0.39, 0.29) is 18.9 Å². The first-order valence-electron chi connectivity index (χ1n) is 7.56. The fraction of sp³-hybridized carbons (Fsp3) is 0.438. The van der Waals surface area contributed by atoms with Crippen molar-refractivity contribution in [3.63, 3.8) is 0 Å². The van der Waals surface area contributed by atoms with Crippen molar-refractivity contribution in [2.45, 2.75) is 24.8 Å². The fourth-order valence-corrected chi connectivity index (χ4v) is 2.91. The molecule has 0 saturated carbocycles. The number of carboxylic acid groups (broad SMARTS) is 1. The maximum Gasteiger partial charge on any atom is 0.331 e. The van der Waals surface area contributed by atoms with Crippen LogP contribution in [0.5, 0.6) is 0 Å².